The molecule has 11 heavy (non-hydrogen) atoms. The van der Waals surface area contributed by atoms with E-state index in [4.69, 9.17) is 0 Å². The lowest BCUT2D eigenvalue weighted by molar-refractivity contribution is -0.118. The fourth-order valence-corrected chi connectivity index (χ4v) is 1.42. The first kappa shape index (κ1) is 10.7. The molecule has 0 bridgehead atoms. The van der Waals surface area contributed by atoms with E-state index >= 15 is 0 Å². The summed E-state index contributed by atoms with van der Waals surface area (Å²) in [6.45, 7) is 8.20. The number of carbonyl (C=O) groups is 1. The number of Topliss-reactive ketones (excluding diaryl/α,β-unsaturated/α-hetero) is 1. The van der Waals surface area contributed by atoms with Gasteiger partial charge in [-0.1, -0.05) is 33.6 Å². The molecule has 0 aromatic heterocycles. The van der Waals surface area contributed by atoms with E-state index < -0.39 is 0 Å². The van der Waals surface area contributed by atoms with Gasteiger partial charge in [-0.05, 0) is 18.8 Å². The van der Waals surface area contributed by atoms with Crippen molar-refractivity contribution in [1.29, 1.82) is 0 Å². The zero-order chi connectivity index (χ0) is 8.91. The Hall–Kier alpha value is -0.330. The van der Waals surface area contributed by atoms with Crippen LogP contribution in [0.25, 0.3) is 0 Å². The minimum atomic E-state index is 0.224. The van der Waals surface area contributed by atoms with Crippen LogP contribution in [-0.4, -0.2) is 5.78 Å². The van der Waals surface area contributed by atoms with Gasteiger partial charge in [0.25, 0.3) is 0 Å². The molecule has 0 heterocycles. The molecule has 0 radical (unpaired) electrons. The van der Waals surface area contributed by atoms with E-state index in [0.29, 0.717) is 5.78 Å². The van der Waals surface area contributed by atoms with Crippen LogP contribution < -0.4 is 0 Å². The van der Waals surface area contributed by atoms with Gasteiger partial charge in [-0.3, -0.25) is 0 Å². The van der Waals surface area contributed by atoms with Crippen LogP contribution in [-0.2, 0) is 4.79 Å². The van der Waals surface area contributed by atoms with Crippen LogP contribution >= 0.6 is 0 Å². The summed E-state index contributed by atoms with van der Waals surface area (Å²) in [5.74, 6) is 0.311. The molecule has 0 saturated heterocycles. The first-order valence-electron chi connectivity index (χ1n) is 4.47. The van der Waals surface area contributed by atoms with Crippen LogP contribution in [0.4, 0.5) is 0 Å². The first-order valence-corrected chi connectivity index (χ1v) is 4.47. The van der Waals surface area contributed by atoms with Crippen molar-refractivity contribution < 1.29 is 4.79 Å². The molecule has 0 atom stereocenters. The molecule has 0 aromatic rings. The van der Waals surface area contributed by atoms with Gasteiger partial charge in [-0.2, -0.15) is 0 Å². The number of unbranched alkanes of at least 4 members (excludes halogenated alkanes) is 1. The normalized spacial score (nSPS) is 11.6. The molecule has 0 N–H and O–H groups in total. The third kappa shape index (κ3) is 6.08. The largest absolute Gasteiger partial charge is 0.300 e. The van der Waals surface area contributed by atoms with Crippen LogP contribution in [0.1, 0.15) is 53.4 Å². The van der Waals surface area contributed by atoms with E-state index in [1.54, 1.807) is 6.92 Å². The van der Waals surface area contributed by atoms with E-state index in [9.17, 15) is 4.79 Å². The second-order valence-electron chi connectivity index (χ2n) is 4.15. The molecule has 0 unspecified atom stereocenters. The monoisotopic (exact) mass is 156 g/mol. The third-order valence-electron chi connectivity index (χ3n) is 1.93. The van der Waals surface area contributed by atoms with Gasteiger partial charge in [0, 0.05) is 6.42 Å². The Morgan fingerprint density at radius 3 is 2.27 bits per heavy atom. The van der Waals surface area contributed by atoms with E-state index in [1.807, 2.05) is 0 Å². The first-order chi connectivity index (χ1) is 4.98. The summed E-state index contributed by atoms with van der Waals surface area (Å²) >= 11 is 0. The average molecular weight is 156 g/mol. The van der Waals surface area contributed by atoms with Crippen LogP contribution in [0.3, 0.4) is 0 Å². The summed E-state index contributed by atoms with van der Waals surface area (Å²) in [4.78, 5) is 10.8. The number of carbonyl (C=O) groups excluding carboxylic acids is 1. The predicted octanol–water partition coefficient (Wildman–Crippen LogP) is 3.18. The van der Waals surface area contributed by atoms with E-state index in [0.717, 1.165) is 6.42 Å². The zero-order valence-electron chi connectivity index (χ0n) is 8.24. The van der Waals surface area contributed by atoms with E-state index in [1.165, 1.54) is 19.3 Å². The maximum atomic E-state index is 10.8. The SMILES string of the molecule is CCCCC(C)(C)CC(C)=O. The van der Waals surface area contributed by atoms with Gasteiger partial charge in [-0.15, -0.1) is 0 Å². The van der Waals surface area contributed by atoms with Crippen molar-refractivity contribution in [2.75, 3.05) is 0 Å². The molecule has 0 spiro atoms. The molecule has 0 rings (SSSR count). The quantitative estimate of drug-likeness (QED) is 0.597. The Balaban J connectivity index is 3.70. The van der Waals surface area contributed by atoms with Crippen molar-refractivity contribution in [3.8, 4) is 0 Å². The maximum Gasteiger partial charge on any atom is 0.130 e. The van der Waals surface area contributed by atoms with Crippen molar-refractivity contribution in [3.05, 3.63) is 0 Å². The zero-order valence-corrected chi connectivity index (χ0v) is 8.24. The Bertz CT molecular complexity index is 125. The average Bonchev–Trinajstić information content (AvgIpc) is 1.81. The molecule has 0 amide bonds. The summed E-state index contributed by atoms with van der Waals surface area (Å²) in [5.41, 5.74) is 0.224. The maximum absolute atomic E-state index is 10.8. The van der Waals surface area contributed by atoms with Gasteiger partial charge in [-0.25, -0.2) is 0 Å². The number of ketones is 1. The lowest BCUT2D eigenvalue weighted by atomic mass is 9.83. The van der Waals surface area contributed by atoms with Crippen molar-refractivity contribution >= 4 is 5.78 Å². The summed E-state index contributed by atoms with van der Waals surface area (Å²) in [6, 6.07) is 0. The van der Waals surface area contributed by atoms with Gasteiger partial charge in [0.05, 0.1) is 0 Å². The van der Waals surface area contributed by atoms with Crippen molar-refractivity contribution in [3.63, 3.8) is 0 Å². The number of hydrogen-bond acceptors (Lipinski definition) is 1. The van der Waals surface area contributed by atoms with Gasteiger partial charge in [0.1, 0.15) is 5.78 Å². The van der Waals surface area contributed by atoms with Crippen LogP contribution in [0.2, 0.25) is 0 Å². The summed E-state index contributed by atoms with van der Waals surface area (Å²) in [5, 5.41) is 0. The topological polar surface area (TPSA) is 17.1 Å². The van der Waals surface area contributed by atoms with Crippen LogP contribution in [0.15, 0.2) is 0 Å². The molecule has 0 saturated carbocycles. The molecule has 0 aromatic carbocycles. The molecule has 0 aliphatic rings. The van der Waals surface area contributed by atoms with Crippen molar-refractivity contribution in [2.24, 2.45) is 5.41 Å². The summed E-state index contributed by atoms with van der Waals surface area (Å²) in [7, 11) is 0. The Morgan fingerprint density at radius 2 is 1.91 bits per heavy atom. The fraction of sp³-hybridized carbons (Fsp3) is 0.900. The Kier molecular flexibility index (Phi) is 4.39. The minimum absolute atomic E-state index is 0.224. The molecule has 0 aliphatic heterocycles. The highest BCUT2D eigenvalue weighted by Crippen LogP contribution is 2.27. The molecule has 1 nitrogen and oxygen atoms in total. The number of rotatable bonds is 5. The standard InChI is InChI=1S/C10H20O/c1-5-6-7-10(3,4)8-9(2)11/h5-8H2,1-4H3. The highest BCUT2D eigenvalue weighted by Gasteiger charge is 2.18. The van der Waals surface area contributed by atoms with Crippen LogP contribution in [0, 0.1) is 5.41 Å². The Morgan fingerprint density at radius 1 is 1.36 bits per heavy atom. The van der Waals surface area contributed by atoms with Crippen LogP contribution in [0.5, 0.6) is 0 Å². The van der Waals surface area contributed by atoms with E-state index in [2.05, 4.69) is 20.8 Å². The summed E-state index contributed by atoms with van der Waals surface area (Å²) < 4.78 is 0. The lowest BCUT2D eigenvalue weighted by Gasteiger charge is -2.22. The number of hydrogen-bond donors (Lipinski definition) is 0. The van der Waals surface area contributed by atoms with Crippen molar-refractivity contribution in [2.45, 2.75) is 53.4 Å². The lowest BCUT2D eigenvalue weighted by Crippen LogP contribution is -2.15. The second kappa shape index (κ2) is 4.53. The van der Waals surface area contributed by atoms with Gasteiger partial charge < -0.3 is 4.79 Å². The predicted molar refractivity (Wildman–Crippen MR) is 48.6 cm³/mol. The molecule has 0 fully saturated rings. The van der Waals surface area contributed by atoms with E-state index in [-0.39, 0.29) is 5.41 Å². The Labute approximate surface area is 70.2 Å². The fourth-order valence-electron chi connectivity index (χ4n) is 1.42. The molecular formula is C10H20O. The molecule has 66 valence electrons. The highest BCUT2D eigenvalue weighted by atomic mass is 16.1. The van der Waals surface area contributed by atoms with Gasteiger partial charge >= 0.3 is 0 Å². The second-order valence-corrected chi connectivity index (χ2v) is 4.15. The molecule has 0 aliphatic carbocycles. The molecule has 1 heteroatoms. The van der Waals surface area contributed by atoms with Gasteiger partial charge in [0.15, 0.2) is 0 Å². The molecular weight excluding hydrogens is 136 g/mol. The van der Waals surface area contributed by atoms with Crippen molar-refractivity contribution in [1.82, 2.24) is 0 Å². The van der Waals surface area contributed by atoms with Gasteiger partial charge in [0.2, 0.25) is 0 Å². The summed E-state index contributed by atoms with van der Waals surface area (Å²) in [6.07, 6.45) is 4.36. The minimum Gasteiger partial charge on any atom is -0.300 e. The highest BCUT2D eigenvalue weighted by molar-refractivity contribution is 5.76. The smallest absolute Gasteiger partial charge is 0.130 e. The third-order valence-corrected chi connectivity index (χ3v) is 1.93.